The van der Waals surface area contributed by atoms with Gasteiger partial charge in [0.15, 0.2) is 0 Å². The van der Waals surface area contributed by atoms with Gasteiger partial charge in [0.1, 0.15) is 5.75 Å². The molecule has 1 aliphatic heterocycles. The lowest BCUT2D eigenvalue weighted by atomic mass is 10.0. The number of ether oxygens (including phenoxy) is 1. The third-order valence-electron chi connectivity index (χ3n) is 3.81. The smallest absolute Gasteiger partial charge is 0.119 e. The zero-order valence-electron chi connectivity index (χ0n) is 13.2. The fourth-order valence-electron chi connectivity index (χ4n) is 2.88. The maximum atomic E-state index is 5.67. The van der Waals surface area contributed by atoms with E-state index in [-0.39, 0.29) is 24.8 Å². The topological polar surface area (TPSA) is 24.5 Å². The summed E-state index contributed by atoms with van der Waals surface area (Å²) in [5.41, 5.74) is 1.32. The molecule has 6 heteroatoms. The van der Waals surface area contributed by atoms with Gasteiger partial charge in [-0.05, 0) is 36.1 Å². The summed E-state index contributed by atoms with van der Waals surface area (Å²) < 4.78 is 5.67. The first-order valence-corrected chi connectivity index (χ1v) is 8.47. The SMILES string of the molecule is CCOc1cccc([C@@H](c2cccs2)N2CCNCC2)c1.Cl.Cl. The third-order valence-corrected chi connectivity index (χ3v) is 4.74. The molecule has 2 heterocycles. The van der Waals surface area contributed by atoms with Crippen LogP contribution in [0.15, 0.2) is 41.8 Å². The molecule has 1 aromatic carbocycles. The van der Waals surface area contributed by atoms with Crippen LogP contribution in [0.4, 0.5) is 0 Å². The largest absolute Gasteiger partial charge is 0.494 e. The molecule has 0 saturated carbocycles. The highest BCUT2D eigenvalue weighted by atomic mass is 35.5. The van der Waals surface area contributed by atoms with Crippen molar-refractivity contribution >= 4 is 36.2 Å². The van der Waals surface area contributed by atoms with Crippen LogP contribution in [-0.4, -0.2) is 37.7 Å². The lowest BCUT2D eigenvalue weighted by Crippen LogP contribution is -2.45. The van der Waals surface area contributed by atoms with E-state index in [1.54, 1.807) is 0 Å². The summed E-state index contributed by atoms with van der Waals surface area (Å²) >= 11 is 1.84. The van der Waals surface area contributed by atoms with Gasteiger partial charge in [0, 0.05) is 31.1 Å². The van der Waals surface area contributed by atoms with Crippen molar-refractivity contribution in [2.45, 2.75) is 13.0 Å². The lowest BCUT2D eigenvalue weighted by Gasteiger charge is -2.34. The number of nitrogens with zero attached hydrogens (tertiary/aromatic N) is 1. The number of thiophene rings is 1. The van der Waals surface area contributed by atoms with E-state index in [0.29, 0.717) is 12.6 Å². The molecule has 0 bridgehead atoms. The predicted molar refractivity (Wildman–Crippen MR) is 103 cm³/mol. The van der Waals surface area contributed by atoms with E-state index in [1.165, 1.54) is 10.4 Å². The molecule has 23 heavy (non-hydrogen) atoms. The number of halogens is 2. The van der Waals surface area contributed by atoms with Gasteiger partial charge in [-0.25, -0.2) is 0 Å². The molecule has 2 aromatic rings. The van der Waals surface area contributed by atoms with Gasteiger partial charge < -0.3 is 10.1 Å². The van der Waals surface area contributed by atoms with Gasteiger partial charge >= 0.3 is 0 Å². The van der Waals surface area contributed by atoms with Crippen molar-refractivity contribution in [3.8, 4) is 5.75 Å². The average Bonchev–Trinajstić information content (AvgIpc) is 3.03. The van der Waals surface area contributed by atoms with Crippen molar-refractivity contribution in [2.75, 3.05) is 32.8 Å². The Morgan fingerprint density at radius 2 is 1.96 bits per heavy atom. The minimum absolute atomic E-state index is 0. The zero-order valence-corrected chi connectivity index (χ0v) is 15.7. The van der Waals surface area contributed by atoms with E-state index in [2.05, 4.69) is 45.9 Å². The first-order valence-electron chi connectivity index (χ1n) is 7.59. The monoisotopic (exact) mass is 374 g/mol. The third kappa shape index (κ3) is 5.10. The molecular weight excluding hydrogens is 351 g/mol. The Hall–Kier alpha value is -0.780. The van der Waals surface area contributed by atoms with E-state index >= 15 is 0 Å². The maximum absolute atomic E-state index is 5.67. The fourth-order valence-corrected chi connectivity index (χ4v) is 3.77. The molecule has 0 radical (unpaired) electrons. The molecule has 1 fully saturated rings. The number of piperazine rings is 1. The summed E-state index contributed by atoms with van der Waals surface area (Å²) in [5, 5.41) is 5.60. The summed E-state index contributed by atoms with van der Waals surface area (Å²) in [6.45, 7) is 7.03. The van der Waals surface area contributed by atoms with Crippen molar-refractivity contribution in [3.05, 3.63) is 52.2 Å². The van der Waals surface area contributed by atoms with Crippen LogP contribution < -0.4 is 10.1 Å². The molecule has 1 aromatic heterocycles. The van der Waals surface area contributed by atoms with Crippen LogP contribution >= 0.6 is 36.2 Å². The molecule has 0 aliphatic carbocycles. The molecule has 1 N–H and O–H groups in total. The summed E-state index contributed by atoms with van der Waals surface area (Å²) in [6.07, 6.45) is 0. The van der Waals surface area contributed by atoms with E-state index < -0.39 is 0 Å². The van der Waals surface area contributed by atoms with E-state index in [9.17, 15) is 0 Å². The molecule has 0 unspecified atom stereocenters. The minimum Gasteiger partial charge on any atom is -0.494 e. The number of nitrogens with one attached hydrogen (secondary N) is 1. The highest BCUT2D eigenvalue weighted by Gasteiger charge is 2.24. The van der Waals surface area contributed by atoms with Crippen LogP contribution in [0.3, 0.4) is 0 Å². The first-order chi connectivity index (χ1) is 10.4. The fraction of sp³-hybridized carbons (Fsp3) is 0.412. The van der Waals surface area contributed by atoms with Crippen LogP contribution in [-0.2, 0) is 0 Å². The molecule has 0 spiro atoms. The summed E-state index contributed by atoms with van der Waals surface area (Å²) in [5.74, 6) is 0.965. The van der Waals surface area contributed by atoms with Crippen molar-refractivity contribution in [3.63, 3.8) is 0 Å². The van der Waals surface area contributed by atoms with Gasteiger partial charge in [-0.2, -0.15) is 0 Å². The second kappa shape index (κ2) is 10.2. The normalized spacial score (nSPS) is 16.0. The molecule has 3 nitrogen and oxygen atoms in total. The first kappa shape index (κ1) is 20.3. The Bertz CT molecular complexity index is 559. The second-order valence-electron chi connectivity index (χ2n) is 5.21. The van der Waals surface area contributed by atoms with E-state index in [0.717, 1.165) is 31.9 Å². The van der Waals surface area contributed by atoms with Crippen LogP contribution in [0.2, 0.25) is 0 Å². The highest BCUT2D eigenvalue weighted by Crippen LogP contribution is 2.33. The zero-order chi connectivity index (χ0) is 14.5. The van der Waals surface area contributed by atoms with Gasteiger partial charge in [-0.15, -0.1) is 36.2 Å². The molecule has 128 valence electrons. The van der Waals surface area contributed by atoms with Gasteiger partial charge in [-0.3, -0.25) is 4.90 Å². The van der Waals surface area contributed by atoms with Gasteiger partial charge in [0.2, 0.25) is 0 Å². The maximum Gasteiger partial charge on any atom is 0.119 e. The minimum atomic E-state index is 0. The second-order valence-corrected chi connectivity index (χ2v) is 6.19. The summed E-state index contributed by atoms with van der Waals surface area (Å²) in [7, 11) is 0. The number of benzene rings is 1. The molecular formula is C17H24Cl2N2OS. The predicted octanol–water partition coefficient (Wildman–Crippen LogP) is 3.99. The van der Waals surface area contributed by atoms with Gasteiger partial charge in [-0.1, -0.05) is 18.2 Å². The number of rotatable bonds is 5. The Morgan fingerprint density at radius 3 is 2.61 bits per heavy atom. The molecule has 1 atom stereocenters. The Kier molecular flexibility index (Phi) is 8.95. The van der Waals surface area contributed by atoms with Crippen molar-refractivity contribution in [1.29, 1.82) is 0 Å². The Labute approximate surface area is 154 Å². The lowest BCUT2D eigenvalue weighted by molar-refractivity contribution is 0.200. The van der Waals surface area contributed by atoms with Crippen molar-refractivity contribution in [1.82, 2.24) is 10.2 Å². The number of hydrogen-bond acceptors (Lipinski definition) is 4. The van der Waals surface area contributed by atoms with Gasteiger partial charge in [0.25, 0.3) is 0 Å². The summed E-state index contributed by atoms with van der Waals surface area (Å²) in [6, 6.07) is 13.3. The van der Waals surface area contributed by atoms with E-state index in [1.807, 2.05) is 24.3 Å². The molecule has 1 aliphatic rings. The van der Waals surface area contributed by atoms with Crippen molar-refractivity contribution < 1.29 is 4.74 Å². The Morgan fingerprint density at radius 1 is 1.17 bits per heavy atom. The molecule has 0 amide bonds. The Balaban J connectivity index is 0.00000132. The van der Waals surface area contributed by atoms with Crippen molar-refractivity contribution in [2.24, 2.45) is 0 Å². The quantitative estimate of drug-likeness (QED) is 0.856. The number of hydrogen-bond donors (Lipinski definition) is 1. The average molecular weight is 375 g/mol. The van der Waals surface area contributed by atoms with Crippen LogP contribution in [0.5, 0.6) is 5.75 Å². The summed E-state index contributed by atoms with van der Waals surface area (Å²) in [4.78, 5) is 3.97. The highest BCUT2D eigenvalue weighted by molar-refractivity contribution is 7.10. The van der Waals surface area contributed by atoms with E-state index in [4.69, 9.17) is 4.74 Å². The van der Waals surface area contributed by atoms with Crippen LogP contribution in [0.1, 0.15) is 23.4 Å². The van der Waals surface area contributed by atoms with Crippen LogP contribution in [0.25, 0.3) is 0 Å². The van der Waals surface area contributed by atoms with Gasteiger partial charge in [0.05, 0.1) is 12.6 Å². The molecule has 3 rings (SSSR count). The standard InChI is InChI=1S/C17H22N2OS.2ClH/c1-2-20-15-6-3-5-14(13-15)17(16-7-4-12-21-16)19-10-8-18-9-11-19;;/h3-7,12-13,17-18H,2,8-11H2,1H3;2*1H/t17-;;/m0../s1. The van der Waals surface area contributed by atoms with Crippen LogP contribution in [0, 0.1) is 0 Å². The molecule has 1 saturated heterocycles.